The van der Waals surface area contributed by atoms with Gasteiger partial charge in [-0.05, 0) is 48.9 Å². The molecule has 0 bridgehead atoms. The Hall–Kier alpha value is -1.75. The Balaban J connectivity index is 1.77. The molecule has 1 aromatic rings. The summed E-state index contributed by atoms with van der Waals surface area (Å²) in [5, 5.41) is 3.11. The third-order valence-electron chi connectivity index (χ3n) is 4.26. The highest BCUT2D eigenvalue weighted by Gasteiger charge is 2.30. The lowest BCUT2D eigenvalue weighted by Crippen LogP contribution is -2.36. The highest BCUT2D eigenvalue weighted by molar-refractivity contribution is 5.81. The molecule has 1 N–H and O–H groups in total. The second kappa shape index (κ2) is 5.93. The van der Waals surface area contributed by atoms with E-state index in [1.54, 1.807) is 14.2 Å². The van der Waals surface area contributed by atoms with Crippen LogP contribution in [0.4, 0.5) is 0 Å². The van der Waals surface area contributed by atoms with E-state index in [0.29, 0.717) is 12.4 Å². The molecule has 0 spiro atoms. The summed E-state index contributed by atoms with van der Waals surface area (Å²) < 4.78 is 16.1. The molecule has 1 aliphatic carbocycles. The van der Waals surface area contributed by atoms with Crippen LogP contribution >= 0.6 is 0 Å². The molecule has 3 rings (SSSR count). The van der Waals surface area contributed by atoms with Gasteiger partial charge in [-0.2, -0.15) is 0 Å². The number of carbonyl (C=O) groups is 1. The molecular formula is C16H21NO4. The Morgan fingerprint density at radius 3 is 2.67 bits per heavy atom. The monoisotopic (exact) mass is 291 g/mol. The maximum absolute atomic E-state index is 12.2. The maximum Gasteiger partial charge on any atom is 0.249 e. The first-order valence-electron chi connectivity index (χ1n) is 7.39. The van der Waals surface area contributed by atoms with Crippen molar-refractivity contribution in [1.29, 1.82) is 0 Å². The molecule has 5 nitrogen and oxygen atoms in total. The lowest BCUT2D eigenvalue weighted by molar-refractivity contribution is -0.130. The molecule has 1 fully saturated rings. The lowest BCUT2D eigenvalue weighted by Gasteiger charge is -2.18. The number of hydrogen-bond acceptors (Lipinski definition) is 4. The molecule has 114 valence electrons. The zero-order chi connectivity index (χ0) is 14.8. The molecule has 5 heteroatoms. The van der Waals surface area contributed by atoms with Crippen molar-refractivity contribution < 1.29 is 19.0 Å². The quantitative estimate of drug-likeness (QED) is 0.921. The summed E-state index contributed by atoms with van der Waals surface area (Å²) in [6.45, 7) is 0.685. The van der Waals surface area contributed by atoms with E-state index in [0.717, 1.165) is 37.0 Å². The smallest absolute Gasteiger partial charge is 0.249 e. The van der Waals surface area contributed by atoms with Gasteiger partial charge in [0.05, 0.1) is 20.3 Å². The van der Waals surface area contributed by atoms with Gasteiger partial charge in [0.2, 0.25) is 5.91 Å². The van der Waals surface area contributed by atoms with Gasteiger partial charge in [-0.15, -0.1) is 0 Å². The van der Waals surface area contributed by atoms with Crippen LogP contribution in [0.5, 0.6) is 11.5 Å². The van der Waals surface area contributed by atoms with Crippen LogP contribution in [0.2, 0.25) is 0 Å². The molecule has 0 aromatic heterocycles. The molecule has 21 heavy (non-hydrogen) atoms. The van der Waals surface area contributed by atoms with Gasteiger partial charge in [-0.1, -0.05) is 0 Å². The third-order valence-corrected chi connectivity index (χ3v) is 4.26. The van der Waals surface area contributed by atoms with E-state index in [-0.39, 0.29) is 18.1 Å². The van der Waals surface area contributed by atoms with Crippen molar-refractivity contribution in [2.45, 2.75) is 37.8 Å². The van der Waals surface area contributed by atoms with Crippen LogP contribution in [-0.4, -0.2) is 32.8 Å². The van der Waals surface area contributed by atoms with Gasteiger partial charge in [0.15, 0.2) is 11.5 Å². The van der Waals surface area contributed by atoms with Gasteiger partial charge in [0, 0.05) is 6.61 Å². The Bertz CT molecular complexity index is 537. The van der Waals surface area contributed by atoms with Crippen molar-refractivity contribution >= 4 is 5.91 Å². The normalized spacial score (nSPS) is 23.7. The molecule has 2 unspecified atom stereocenters. The van der Waals surface area contributed by atoms with Crippen LogP contribution < -0.4 is 14.8 Å². The van der Waals surface area contributed by atoms with Crippen LogP contribution in [0.25, 0.3) is 0 Å². The molecule has 1 amide bonds. The van der Waals surface area contributed by atoms with E-state index in [1.165, 1.54) is 5.56 Å². The van der Waals surface area contributed by atoms with E-state index >= 15 is 0 Å². The Morgan fingerprint density at radius 2 is 2.00 bits per heavy atom. The average Bonchev–Trinajstić information content (AvgIpc) is 3.15. The van der Waals surface area contributed by atoms with E-state index in [9.17, 15) is 4.79 Å². The summed E-state index contributed by atoms with van der Waals surface area (Å²) in [4.78, 5) is 12.2. The summed E-state index contributed by atoms with van der Waals surface area (Å²) >= 11 is 0. The number of fused-ring (bicyclic) bond motifs is 1. The van der Waals surface area contributed by atoms with Gasteiger partial charge < -0.3 is 19.5 Å². The van der Waals surface area contributed by atoms with Crippen molar-refractivity contribution in [2.75, 3.05) is 20.8 Å². The van der Waals surface area contributed by atoms with Gasteiger partial charge in [0.1, 0.15) is 6.10 Å². The maximum atomic E-state index is 12.2. The SMILES string of the molecule is COc1cc2c(cc1OC)C(NC(=O)C1CCCO1)CC2. The molecule has 2 aliphatic rings. The fourth-order valence-electron chi connectivity index (χ4n) is 3.13. The first-order valence-corrected chi connectivity index (χ1v) is 7.39. The minimum Gasteiger partial charge on any atom is -0.493 e. The predicted octanol–water partition coefficient (Wildman–Crippen LogP) is 1.99. The van der Waals surface area contributed by atoms with Crippen LogP contribution in [0.1, 0.15) is 36.4 Å². The fraction of sp³-hybridized carbons (Fsp3) is 0.562. The Morgan fingerprint density at radius 1 is 1.24 bits per heavy atom. The molecular weight excluding hydrogens is 270 g/mol. The van der Waals surface area contributed by atoms with Gasteiger partial charge >= 0.3 is 0 Å². The lowest BCUT2D eigenvalue weighted by atomic mass is 10.1. The second-order valence-corrected chi connectivity index (χ2v) is 5.51. The van der Waals surface area contributed by atoms with Crippen molar-refractivity contribution in [3.8, 4) is 11.5 Å². The van der Waals surface area contributed by atoms with Gasteiger partial charge in [-0.3, -0.25) is 4.79 Å². The third kappa shape index (κ3) is 2.70. The minimum atomic E-state index is -0.283. The van der Waals surface area contributed by atoms with E-state index < -0.39 is 0 Å². The summed E-state index contributed by atoms with van der Waals surface area (Å²) in [6, 6.07) is 4.02. The fourth-order valence-corrected chi connectivity index (χ4v) is 3.13. The summed E-state index contributed by atoms with van der Waals surface area (Å²) in [7, 11) is 3.26. The number of ether oxygens (including phenoxy) is 3. The molecule has 0 radical (unpaired) electrons. The highest BCUT2D eigenvalue weighted by atomic mass is 16.5. The Labute approximate surface area is 124 Å². The van der Waals surface area contributed by atoms with Crippen LogP contribution in [0.15, 0.2) is 12.1 Å². The number of methoxy groups -OCH3 is 2. The molecule has 1 saturated heterocycles. The summed E-state index contributed by atoms with van der Waals surface area (Å²) in [5.41, 5.74) is 2.34. The van der Waals surface area contributed by atoms with Crippen molar-refractivity contribution in [3.63, 3.8) is 0 Å². The Kier molecular flexibility index (Phi) is 4.01. The van der Waals surface area contributed by atoms with Crippen LogP contribution in [0.3, 0.4) is 0 Å². The molecule has 1 aromatic carbocycles. The molecule has 2 atom stereocenters. The summed E-state index contributed by atoms with van der Waals surface area (Å²) in [5.74, 6) is 1.44. The number of carbonyl (C=O) groups excluding carboxylic acids is 1. The minimum absolute atomic E-state index is 0.000125. The number of benzene rings is 1. The predicted molar refractivity (Wildman–Crippen MR) is 77.7 cm³/mol. The van der Waals surface area contributed by atoms with Crippen molar-refractivity contribution in [2.24, 2.45) is 0 Å². The number of aryl methyl sites for hydroxylation is 1. The van der Waals surface area contributed by atoms with Gasteiger partial charge in [0.25, 0.3) is 0 Å². The number of rotatable bonds is 4. The zero-order valence-electron chi connectivity index (χ0n) is 12.5. The number of amides is 1. The van der Waals surface area contributed by atoms with Crippen LogP contribution in [0, 0.1) is 0 Å². The molecule has 0 saturated carbocycles. The molecule has 1 heterocycles. The molecule has 1 aliphatic heterocycles. The standard InChI is InChI=1S/C16H21NO4/c1-19-14-8-10-5-6-12(11(10)9-15(14)20-2)17-16(18)13-4-3-7-21-13/h8-9,12-13H,3-7H2,1-2H3,(H,17,18). The second-order valence-electron chi connectivity index (χ2n) is 5.51. The van der Waals surface area contributed by atoms with E-state index in [1.807, 2.05) is 12.1 Å². The van der Waals surface area contributed by atoms with Crippen molar-refractivity contribution in [1.82, 2.24) is 5.32 Å². The van der Waals surface area contributed by atoms with Crippen molar-refractivity contribution in [3.05, 3.63) is 23.3 Å². The number of nitrogens with one attached hydrogen (secondary N) is 1. The van der Waals surface area contributed by atoms with Gasteiger partial charge in [-0.25, -0.2) is 0 Å². The summed E-state index contributed by atoms with van der Waals surface area (Å²) in [6.07, 6.45) is 3.34. The number of hydrogen-bond donors (Lipinski definition) is 1. The zero-order valence-corrected chi connectivity index (χ0v) is 12.5. The van der Waals surface area contributed by atoms with E-state index in [4.69, 9.17) is 14.2 Å². The first-order chi connectivity index (χ1) is 10.2. The topological polar surface area (TPSA) is 56.8 Å². The largest absolute Gasteiger partial charge is 0.493 e. The van der Waals surface area contributed by atoms with E-state index in [2.05, 4.69) is 5.32 Å². The average molecular weight is 291 g/mol. The first kappa shape index (κ1) is 14.2. The highest BCUT2D eigenvalue weighted by Crippen LogP contribution is 2.39. The van der Waals surface area contributed by atoms with Crippen LogP contribution in [-0.2, 0) is 16.0 Å².